The molecule has 1 amide bonds. The van der Waals surface area contributed by atoms with Gasteiger partial charge in [-0.2, -0.15) is 13.2 Å². The van der Waals surface area contributed by atoms with Crippen LogP contribution in [0.15, 0.2) is 24.8 Å². The highest BCUT2D eigenvalue weighted by Crippen LogP contribution is 2.30. The van der Waals surface area contributed by atoms with E-state index in [1.165, 1.54) is 32.4 Å². The summed E-state index contributed by atoms with van der Waals surface area (Å²) in [6.45, 7) is 3.54. The predicted molar refractivity (Wildman–Crippen MR) is 76.4 cm³/mol. The summed E-state index contributed by atoms with van der Waals surface area (Å²) >= 11 is 0. The zero-order chi connectivity index (χ0) is 16.9. The van der Waals surface area contributed by atoms with Crippen LogP contribution in [0.3, 0.4) is 0 Å². The fraction of sp³-hybridized carbons (Fsp3) is 0.400. The molecule has 0 aliphatic carbocycles. The van der Waals surface area contributed by atoms with Gasteiger partial charge < -0.3 is 14.4 Å². The Morgan fingerprint density at radius 2 is 1.77 bits per heavy atom. The predicted octanol–water partition coefficient (Wildman–Crippen LogP) is 3.20. The molecule has 0 saturated carbocycles. The van der Waals surface area contributed by atoms with E-state index >= 15 is 0 Å². The summed E-state index contributed by atoms with van der Waals surface area (Å²) in [5.41, 5.74) is 0.720. The summed E-state index contributed by atoms with van der Waals surface area (Å²) in [6.07, 6.45) is -3.25. The van der Waals surface area contributed by atoms with Crippen LogP contribution in [0.2, 0.25) is 0 Å². The van der Waals surface area contributed by atoms with Gasteiger partial charge >= 0.3 is 6.18 Å². The van der Waals surface area contributed by atoms with Crippen molar-refractivity contribution in [1.82, 2.24) is 4.90 Å². The van der Waals surface area contributed by atoms with Gasteiger partial charge in [-0.3, -0.25) is 4.79 Å². The molecule has 22 heavy (non-hydrogen) atoms. The zero-order valence-electron chi connectivity index (χ0n) is 12.7. The van der Waals surface area contributed by atoms with Crippen LogP contribution in [0.25, 0.3) is 0 Å². The largest absolute Gasteiger partial charge is 0.496 e. The first-order chi connectivity index (χ1) is 10.2. The van der Waals surface area contributed by atoms with Crippen molar-refractivity contribution in [3.63, 3.8) is 0 Å². The fourth-order valence-corrected chi connectivity index (χ4v) is 1.98. The van der Waals surface area contributed by atoms with Crippen LogP contribution >= 0.6 is 0 Å². The third kappa shape index (κ3) is 4.41. The van der Waals surface area contributed by atoms with E-state index in [9.17, 15) is 18.0 Å². The van der Waals surface area contributed by atoms with Crippen LogP contribution < -0.4 is 9.47 Å². The lowest BCUT2D eigenvalue weighted by atomic mass is 10.1. The van der Waals surface area contributed by atoms with Gasteiger partial charge in [-0.25, -0.2) is 0 Å². The van der Waals surface area contributed by atoms with E-state index in [1.807, 2.05) is 0 Å². The van der Waals surface area contributed by atoms with Crippen molar-refractivity contribution in [2.24, 2.45) is 0 Å². The van der Waals surface area contributed by atoms with Gasteiger partial charge in [-0.15, -0.1) is 6.58 Å². The number of amides is 1. The summed E-state index contributed by atoms with van der Waals surface area (Å²) in [5, 5.41) is 0. The van der Waals surface area contributed by atoms with E-state index in [0.29, 0.717) is 22.0 Å². The minimum absolute atomic E-state index is 0.0606. The van der Waals surface area contributed by atoms with Crippen LogP contribution in [0.5, 0.6) is 11.5 Å². The van der Waals surface area contributed by atoms with Crippen molar-refractivity contribution < 1.29 is 27.4 Å². The Labute approximate surface area is 127 Å². The highest BCUT2D eigenvalue weighted by Gasteiger charge is 2.33. The molecule has 0 fully saturated rings. The third-order valence-electron chi connectivity index (χ3n) is 3.01. The van der Waals surface area contributed by atoms with Gasteiger partial charge in [0, 0.05) is 17.7 Å². The molecule has 4 nitrogen and oxygen atoms in total. The van der Waals surface area contributed by atoms with Crippen molar-refractivity contribution in [3.8, 4) is 11.5 Å². The SMILES string of the molecule is C=CCN(CC(F)(F)F)C(=O)c1cc(OC)c(C)c(OC)c1. The molecule has 0 saturated heterocycles. The lowest BCUT2D eigenvalue weighted by molar-refractivity contribution is -0.139. The highest BCUT2D eigenvalue weighted by atomic mass is 19.4. The Bertz CT molecular complexity index is 530. The molecule has 0 aliphatic rings. The van der Waals surface area contributed by atoms with Gasteiger partial charge in [0.1, 0.15) is 18.0 Å². The minimum Gasteiger partial charge on any atom is -0.496 e. The number of halogens is 3. The van der Waals surface area contributed by atoms with Gasteiger partial charge in [0.2, 0.25) is 0 Å². The van der Waals surface area contributed by atoms with E-state index in [1.54, 1.807) is 6.92 Å². The molecule has 0 spiro atoms. The fourth-order valence-electron chi connectivity index (χ4n) is 1.98. The first-order valence-electron chi connectivity index (χ1n) is 6.43. The van der Waals surface area contributed by atoms with Gasteiger partial charge in [0.05, 0.1) is 14.2 Å². The number of rotatable bonds is 6. The summed E-state index contributed by atoms with van der Waals surface area (Å²) in [5.74, 6) is -0.0321. The van der Waals surface area contributed by atoms with Gasteiger partial charge in [-0.1, -0.05) is 6.08 Å². The molecule has 1 rings (SSSR count). The molecule has 0 aromatic heterocycles. The number of alkyl halides is 3. The molecule has 1 aromatic carbocycles. The van der Waals surface area contributed by atoms with Crippen LogP contribution in [0.1, 0.15) is 15.9 Å². The smallest absolute Gasteiger partial charge is 0.406 e. The Hall–Kier alpha value is -2.18. The second-order valence-electron chi connectivity index (χ2n) is 4.60. The monoisotopic (exact) mass is 317 g/mol. The Kier molecular flexibility index (Phi) is 5.84. The van der Waals surface area contributed by atoms with Gasteiger partial charge in [-0.05, 0) is 19.1 Å². The Morgan fingerprint density at radius 3 is 2.14 bits per heavy atom. The average Bonchev–Trinajstić information content (AvgIpc) is 2.45. The molecule has 7 heteroatoms. The molecule has 0 N–H and O–H groups in total. The second-order valence-corrected chi connectivity index (χ2v) is 4.60. The number of nitrogens with zero attached hydrogens (tertiary/aromatic N) is 1. The Balaban J connectivity index is 3.20. The van der Waals surface area contributed by atoms with Crippen LogP contribution in [0.4, 0.5) is 13.2 Å². The number of carbonyl (C=O) groups is 1. The molecule has 1 aromatic rings. The molecule has 0 unspecified atom stereocenters. The first kappa shape index (κ1) is 17.9. The molecule has 0 radical (unpaired) electrons. The number of methoxy groups -OCH3 is 2. The van der Waals surface area contributed by atoms with Crippen LogP contribution in [0, 0.1) is 6.92 Å². The van der Waals surface area contributed by atoms with E-state index < -0.39 is 18.6 Å². The number of carbonyl (C=O) groups excluding carboxylic acids is 1. The van der Waals surface area contributed by atoms with Crippen molar-refractivity contribution in [2.45, 2.75) is 13.1 Å². The topological polar surface area (TPSA) is 38.8 Å². The number of hydrogen-bond acceptors (Lipinski definition) is 3. The molecular formula is C15H18F3NO3. The molecular weight excluding hydrogens is 299 g/mol. The quantitative estimate of drug-likeness (QED) is 0.756. The van der Waals surface area contributed by atoms with Crippen molar-refractivity contribution in [2.75, 3.05) is 27.3 Å². The Morgan fingerprint density at radius 1 is 1.27 bits per heavy atom. The molecule has 0 heterocycles. The van der Waals surface area contributed by atoms with Crippen molar-refractivity contribution >= 4 is 5.91 Å². The van der Waals surface area contributed by atoms with Crippen LogP contribution in [-0.2, 0) is 0 Å². The average molecular weight is 317 g/mol. The maximum absolute atomic E-state index is 12.6. The lowest BCUT2D eigenvalue weighted by Crippen LogP contribution is -2.39. The van der Waals surface area contributed by atoms with Crippen LogP contribution in [-0.4, -0.2) is 44.3 Å². The molecule has 0 aliphatic heterocycles. The summed E-state index contributed by atoms with van der Waals surface area (Å²) in [6, 6.07) is 2.79. The van der Waals surface area contributed by atoms with E-state index in [2.05, 4.69) is 6.58 Å². The number of hydrogen-bond donors (Lipinski definition) is 0. The van der Waals surface area contributed by atoms with E-state index in [4.69, 9.17) is 9.47 Å². The summed E-state index contributed by atoms with van der Waals surface area (Å²) < 4.78 is 48.0. The van der Waals surface area contributed by atoms with E-state index in [-0.39, 0.29) is 12.1 Å². The number of ether oxygens (including phenoxy) is 2. The standard InChI is InChI=1S/C15H18F3NO3/c1-5-6-19(9-15(16,17)18)14(20)11-7-12(21-3)10(2)13(8-11)22-4/h5,7-8H,1,6,9H2,2-4H3. The maximum atomic E-state index is 12.6. The lowest BCUT2D eigenvalue weighted by Gasteiger charge is -2.23. The summed E-state index contributed by atoms with van der Waals surface area (Å²) in [4.78, 5) is 13.0. The second kappa shape index (κ2) is 7.20. The van der Waals surface area contributed by atoms with Gasteiger partial charge in [0.15, 0.2) is 0 Å². The van der Waals surface area contributed by atoms with Gasteiger partial charge in [0.25, 0.3) is 5.91 Å². The molecule has 0 atom stereocenters. The summed E-state index contributed by atoms with van der Waals surface area (Å²) in [7, 11) is 2.82. The highest BCUT2D eigenvalue weighted by molar-refractivity contribution is 5.95. The first-order valence-corrected chi connectivity index (χ1v) is 6.43. The normalized spacial score (nSPS) is 11.0. The molecule has 122 valence electrons. The zero-order valence-corrected chi connectivity index (χ0v) is 12.7. The van der Waals surface area contributed by atoms with E-state index in [0.717, 1.165) is 0 Å². The minimum atomic E-state index is -4.49. The molecule has 0 bridgehead atoms. The number of benzene rings is 1. The van der Waals surface area contributed by atoms with Crippen molar-refractivity contribution in [1.29, 1.82) is 0 Å². The third-order valence-corrected chi connectivity index (χ3v) is 3.01. The maximum Gasteiger partial charge on any atom is 0.406 e. The van der Waals surface area contributed by atoms with Crippen molar-refractivity contribution in [3.05, 3.63) is 35.9 Å².